The summed E-state index contributed by atoms with van der Waals surface area (Å²) in [5.74, 6) is -0.204. The number of amides is 1. The van der Waals surface area contributed by atoms with Gasteiger partial charge in [0, 0.05) is 37.0 Å². The van der Waals surface area contributed by atoms with Crippen molar-refractivity contribution in [2.24, 2.45) is 5.41 Å². The molecule has 0 unspecified atom stereocenters. The SMILES string of the molecule is CCCn1cc(S(=O)(=O)Cl)cc1C(=O)N(C)CC(C)(C)C. The average molecular weight is 335 g/mol. The van der Waals surface area contributed by atoms with Crippen LogP contribution in [-0.2, 0) is 15.6 Å². The van der Waals surface area contributed by atoms with E-state index in [0.717, 1.165) is 6.42 Å². The van der Waals surface area contributed by atoms with Crippen molar-refractivity contribution < 1.29 is 13.2 Å². The highest BCUT2D eigenvalue weighted by Crippen LogP contribution is 2.21. The van der Waals surface area contributed by atoms with Crippen LogP contribution < -0.4 is 0 Å². The van der Waals surface area contributed by atoms with Gasteiger partial charge in [-0.05, 0) is 17.9 Å². The monoisotopic (exact) mass is 334 g/mol. The second-order valence-corrected chi connectivity index (χ2v) is 8.98. The Hall–Kier alpha value is -1.01. The van der Waals surface area contributed by atoms with Gasteiger partial charge in [-0.1, -0.05) is 27.7 Å². The molecule has 0 spiro atoms. The third-order valence-corrected chi connectivity index (χ3v) is 4.22. The van der Waals surface area contributed by atoms with Crippen LogP contribution in [0.5, 0.6) is 0 Å². The highest BCUT2D eigenvalue weighted by atomic mass is 35.7. The summed E-state index contributed by atoms with van der Waals surface area (Å²) in [6, 6.07) is 1.35. The first-order valence-corrected chi connectivity index (χ1v) is 9.17. The van der Waals surface area contributed by atoms with Crippen molar-refractivity contribution in [1.29, 1.82) is 0 Å². The van der Waals surface area contributed by atoms with Gasteiger partial charge in [0.05, 0.1) is 0 Å². The fraction of sp³-hybridized carbons (Fsp3) is 0.643. The van der Waals surface area contributed by atoms with E-state index in [1.807, 2.05) is 27.7 Å². The van der Waals surface area contributed by atoms with Gasteiger partial charge in [0.2, 0.25) is 0 Å². The molecule has 0 atom stereocenters. The molecule has 0 aliphatic heterocycles. The Labute approximate surface area is 131 Å². The van der Waals surface area contributed by atoms with Gasteiger partial charge in [0.1, 0.15) is 10.6 Å². The molecule has 1 amide bonds. The molecule has 0 aliphatic carbocycles. The molecule has 21 heavy (non-hydrogen) atoms. The van der Waals surface area contributed by atoms with Crippen molar-refractivity contribution >= 4 is 25.6 Å². The molecule has 0 N–H and O–H groups in total. The Balaban J connectivity index is 3.16. The summed E-state index contributed by atoms with van der Waals surface area (Å²) >= 11 is 0. The molecule has 0 bridgehead atoms. The van der Waals surface area contributed by atoms with Crippen molar-refractivity contribution in [3.05, 3.63) is 18.0 Å². The molecular weight excluding hydrogens is 312 g/mol. The number of aromatic nitrogens is 1. The van der Waals surface area contributed by atoms with Gasteiger partial charge in [0.25, 0.3) is 15.0 Å². The van der Waals surface area contributed by atoms with Crippen LogP contribution in [-0.4, -0.2) is 37.4 Å². The van der Waals surface area contributed by atoms with E-state index in [1.165, 1.54) is 12.3 Å². The van der Waals surface area contributed by atoms with Crippen molar-refractivity contribution in [2.75, 3.05) is 13.6 Å². The Morgan fingerprint density at radius 1 is 1.38 bits per heavy atom. The zero-order chi connectivity index (χ0) is 16.4. The molecule has 120 valence electrons. The van der Waals surface area contributed by atoms with Gasteiger partial charge in [-0.25, -0.2) is 8.42 Å². The maximum Gasteiger partial charge on any atom is 0.270 e. The van der Waals surface area contributed by atoms with Gasteiger partial charge in [-0.15, -0.1) is 0 Å². The smallest absolute Gasteiger partial charge is 0.270 e. The normalized spacial score (nSPS) is 12.5. The standard InChI is InChI=1S/C14H23ClN2O3S/c1-6-7-17-9-11(21(15,19)20)8-12(17)13(18)16(5)10-14(2,3)4/h8-9H,6-7,10H2,1-5H3. The Kier molecular flexibility index (Phi) is 5.50. The lowest BCUT2D eigenvalue weighted by Crippen LogP contribution is -2.35. The number of rotatable bonds is 5. The minimum absolute atomic E-state index is 0.0337. The van der Waals surface area contributed by atoms with Crippen LogP contribution in [0, 0.1) is 5.41 Å². The first kappa shape index (κ1) is 18.0. The fourth-order valence-electron chi connectivity index (χ4n) is 2.20. The van der Waals surface area contributed by atoms with E-state index in [1.54, 1.807) is 16.5 Å². The van der Waals surface area contributed by atoms with E-state index < -0.39 is 9.05 Å². The van der Waals surface area contributed by atoms with E-state index in [-0.39, 0.29) is 16.2 Å². The quantitative estimate of drug-likeness (QED) is 0.778. The van der Waals surface area contributed by atoms with Crippen LogP contribution in [0.1, 0.15) is 44.6 Å². The summed E-state index contributed by atoms with van der Waals surface area (Å²) in [5, 5.41) is 0. The summed E-state index contributed by atoms with van der Waals surface area (Å²) < 4.78 is 24.6. The van der Waals surface area contributed by atoms with E-state index >= 15 is 0 Å². The number of carbonyl (C=O) groups excluding carboxylic acids is 1. The Bertz CT molecular complexity index is 615. The summed E-state index contributed by atoms with van der Waals surface area (Å²) in [4.78, 5) is 14.1. The molecule has 7 heteroatoms. The van der Waals surface area contributed by atoms with E-state index in [2.05, 4.69) is 0 Å². The van der Waals surface area contributed by atoms with E-state index in [9.17, 15) is 13.2 Å². The summed E-state index contributed by atoms with van der Waals surface area (Å²) in [5.41, 5.74) is 0.316. The molecule has 1 heterocycles. The minimum atomic E-state index is -3.84. The summed E-state index contributed by atoms with van der Waals surface area (Å²) in [6.07, 6.45) is 2.21. The van der Waals surface area contributed by atoms with E-state index in [0.29, 0.717) is 18.8 Å². The zero-order valence-electron chi connectivity index (χ0n) is 13.2. The van der Waals surface area contributed by atoms with Crippen LogP contribution in [0.4, 0.5) is 0 Å². The third-order valence-electron chi connectivity index (χ3n) is 2.89. The maximum atomic E-state index is 12.5. The van der Waals surface area contributed by atoms with Crippen molar-refractivity contribution in [3.8, 4) is 0 Å². The number of carbonyl (C=O) groups is 1. The third kappa shape index (κ3) is 5.04. The van der Waals surface area contributed by atoms with Gasteiger partial charge < -0.3 is 9.47 Å². The highest BCUT2D eigenvalue weighted by molar-refractivity contribution is 8.13. The molecule has 0 aliphatic rings. The predicted octanol–water partition coefficient (Wildman–Crippen LogP) is 2.94. The molecule has 0 radical (unpaired) electrons. The second kappa shape index (κ2) is 6.40. The lowest BCUT2D eigenvalue weighted by atomic mass is 9.96. The van der Waals surface area contributed by atoms with Gasteiger partial charge in [-0.3, -0.25) is 4.79 Å². The van der Waals surface area contributed by atoms with Crippen LogP contribution in [0.3, 0.4) is 0 Å². The number of aryl methyl sites for hydroxylation is 1. The van der Waals surface area contributed by atoms with Crippen LogP contribution in [0.25, 0.3) is 0 Å². The van der Waals surface area contributed by atoms with Crippen LogP contribution in [0.2, 0.25) is 0 Å². The molecule has 1 aromatic heterocycles. The van der Waals surface area contributed by atoms with Crippen molar-refractivity contribution in [2.45, 2.75) is 45.6 Å². The lowest BCUT2D eigenvalue weighted by molar-refractivity contribution is 0.0734. The van der Waals surface area contributed by atoms with Gasteiger partial charge in [0.15, 0.2) is 0 Å². The molecule has 0 fully saturated rings. The van der Waals surface area contributed by atoms with Crippen LogP contribution in [0.15, 0.2) is 17.2 Å². The molecule has 1 rings (SSSR count). The first-order valence-electron chi connectivity index (χ1n) is 6.86. The molecule has 0 saturated carbocycles. The zero-order valence-corrected chi connectivity index (χ0v) is 14.8. The predicted molar refractivity (Wildman–Crippen MR) is 84.2 cm³/mol. The highest BCUT2D eigenvalue weighted by Gasteiger charge is 2.24. The van der Waals surface area contributed by atoms with Crippen molar-refractivity contribution in [1.82, 2.24) is 9.47 Å². The first-order chi connectivity index (χ1) is 9.45. The van der Waals surface area contributed by atoms with Gasteiger partial charge >= 0.3 is 0 Å². The Morgan fingerprint density at radius 3 is 2.38 bits per heavy atom. The average Bonchev–Trinajstić information content (AvgIpc) is 2.70. The lowest BCUT2D eigenvalue weighted by Gasteiger charge is -2.26. The molecule has 0 saturated heterocycles. The van der Waals surface area contributed by atoms with Gasteiger partial charge in [-0.2, -0.15) is 0 Å². The van der Waals surface area contributed by atoms with E-state index in [4.69, 9.17) is 10.7 Å². The molecule has 5 nitrogen and oxygen atoms in total. The molecular formula is C14H23ClN2O3S. The van der Waals surface area contributed by atoms with Crippen molar-refractivity contribution in [3.63, 3.8) is 0 Å². The largest absolute Gasteiger partial charge is 0.342 e. The number of hydrogen-bond acceptors (Lipinski definition) is 3. The number of halogens is 1. The van der Waals surface area contributed by atoms with Crippen LogP contribution >= 0.6 is 10.7 Å². The maximum absolute atomic E-state index is 12.5. The number of nitrogens with zero attached hydrogens (tertiary/aromatic N) is 2. The molecule has 0 aromatic carbocycles. The Morgan fingerprint density at radius 2 is 1.95 bits per heavy atom. The topological polar surface area (TPSA) is 59.4 Å². The molecule has 1 aromatic rings. The summed E-state index contributed by atoms with van der Waals surface area (Å²) in [6.45, 7) is 9.22. The summed E-state index contributed by atoms with van der Waals surface area (Å²) in [7, 11) is 3.25. The fourth-order valence-corrected chi connectivity index (χ4v) is 2.96. The minimum Gasteiger partial charge on any atom is -0.342 e. The number of hydrogen-bond donors (Lipinski definition) is 0. The second-order valence-electron chi connectivity index (χ2n) is 6.41.